The third kappa shape index (κ3) is 6.44. The van der Waals surface area contributed by atoms with E-state index in [9.17, 15) is 4.79 Å². The first-order chi connectivity index (χ1) is 18.3. The van der Waals surface area contributed by atoms with E-state index < -0.39 is 6.10 Å². The van der Waals surface area contributed by atoms with Gasteiger partial charge in [-0.2, -0.15) is 0 Å². The molecule has 6 nitrogen and oxygen atoms in total. The Kier molecular flexibility index (Phi) is 9.55. The maximum Gasteiger partial charge on any atom is 0.249 e. The summed E-state index contributed by atoms with van der Waals surface area (Å²) in [6, 6.07) is 20.3. The fraction of sp³-hybridized carbons (Fsp3) is 0.367. The summed E-state index contributed by atoms with van der Waals surface area (Å²) in [5.41, 5.74) is 2.78. The number of ether oxygens (including phenoxy) is 4. The van der Waals surface area contributed by atoms with Crippen LogP contribution in [0.25, 0.3) is 0 Å². The van der Waals surface area contributed by atoms with Crippen LogP contribution in [-0.2, 0) is 20.9 Å². The van der Waals surface area contributed by atoms with Gasteiger partial charge in [0.1, 0.15) is 12.7 Å². The van der Waals surface area contributed by atoms with Gasteiger partial charge in [0.05, 0.1) is 39.5 Å². The summed E-state index contributed by atoms with van der Waals surface area (Å²) >= 11 is 12.5. The number of hydrogen-bond donors (Lipinski definition) is 0. The molecule has 0 aliphatic carbocycles. The summed E-state index contributed by atoms with van der Waals surface area (Å²) in [7, 11) is 3.21. The number of nitrogens with zero attached hydrogens (tertiary/aromatic N) is 1. The van der Waals surface area contributed by atoms with Gasteiger partial charge >= 0.3 is 0 Å². The third-order valence-electron chi connectivity index (χ3n) is 6.78. The molecule has 3 aromatic rings. The number of carbonyl (C=O) groups is 1. The lowest BCUT2D eigenvalue weighted by Crippen LogP contribution is -2.54. The molecule has 1 fully saturated rings. The molecule has 0 saturated carbocycles. The minimum absolute atomic E-state index is 0.0276. The van der Waals surface area contributed by atoms with Crippen LogP contribution in [0.4, 0.5) is 0 Å². The first-order valence-electron chi connectivity index (χ1n) is 12.5. The summed E-state index contributed by atoms with van der Waals surface area (Å²) in [6.07, 6.45) is -0.403. The van der Waals surface area contributed by atoms with Crippen molar-refractivity contribution < 1.29 is 23.7 Å². The predicted molar refractivity (Wildman–Crippen MR) is 149 cm³/mol. The van der Waals surface area contributed by atoms with E-state index in [1.165, 1.54) is 0 Å². The molecular formula is C30H33Cl2NO5. The van der Waals surface area contributed by atoms with Gasteiger partial charge in [0.2, 0.25) is 5.91 Å². The fourth-order valence-corrected chi connectivity index (χ4v) is 5.16. The molecule has 0 bridgehead atoms. The van der Waals surface area contributed by atoms with E-state index >= 15 is 0 Å². The quantitative estimate of drug-likeness (QED) is 0.271. The van der Waals surface area contributed by atoms with Crippen molar-refractivity contribution in [3.8, 4) is 11.5 Å². The first-order valence-corrected chi connectivity index (χ1v) is 13.3. The summed E-state index contributed by atoms with van der Waals surface area (Å²) in [5, 5.41) is 1.24. The van der Waals surface area contributed by atoms with E-state index in [-0.39, 0.29) is 30.5 Å². The number of morpholine rings is 1. The summed E-state index contributed by atoms with van der Waals surface area (Å²) < 4.78 is 23.1. The minimum atomic E-state index is -0.403. The molecule has 3 aromatic carbocycles. The Labute approximate surface area is 234 Å². The normalized spacial score (nSPS) is 18.5. The maximum absolute atomic E-state index is 13.5. The Hall–Kier alpha value is -2.77. The molecule has 1 aliphatic heterocycles. The Morgan fingerprint density at radius 2 is 1.66 bits per heavy atom. The number of halogens is 2. The van der Waals surface area contributed by atoms with Crippen molar-refractivity contribution >= 4 is 29.1 Å². The lowest BCUT2D eigenvalue weighted by molar-refractivity contribution is -0.168. The summed E-state index contributed by atoms with van der Waals surface area (Å²) in [4.78, 5) is 15.4. The van der Waals surface area contributed by atoms with E-state index in [4.69, 9.17) is 42.1 Å². The van der Waals surface area contributed by atoms with Gasteiger partial charge in [0, 0.05) is 10.0 Å². The number of carbonyl (C=O) groups excluding carboxylic acids is 1. The van der Waals surface area contributed by atoms with Crippen LogP contribution in [0.1, 0.15) is 42.7 Å². The Bertz CT molecular complexity index is 1230. The molecule has 1 saturated heterocycles. The van der Waals surface area contributed by atoms with E-state index in [0.29, 0.717) is 34.8 Å². The van der Waals surface area contributed by atoms with E-state index in [1.807, 2.05) is 71.6 Å². The molecule has 0 spiro atoms. The van der Waals surface area contributed by atoms with Crippen molar-refractivity contribution in [3.05, 3.63) is 93.5 Å². The molecule has 8 heteroatoms. The van der Waals surface area contributed by atoms with Crippen LogP contribution >= 0.6 is 23.2 Å². The van der Waals surface area contributed by atoms with Gasteiger partial charge in [0.15, 0.2) is 11.5 Å². The smallest absolute Gasteiger partial charge is 0.249 e. The van der Waals surface area contributed by atoms with Gasteiger partial charge in [-0.1, -0.05) is 67.4 Å². The van der Waals surface area contributed by atoms with Crippen molar-refractivity contribution in [2.24, 2.45) is 5.92 Å². The van der Waals surface area contributed by atoms with Crippen LogP contribution in [-0.4, -0.2) is 44.3 Å². The second-order valence-corrected chi connectivity index (χ2v) is 10.5. The SMILES string of the molecule is COc1ccc(COC[C@H](C(C)C)N2C(=O)CO[C@H](c3cccc(Cl)c3)C2c2ccc(Cl)cc2)cc1OC. The van der Waals surface area contributed by atoms with Gasteiger partial charge in [0.25, 0.3) is 0 Å². The molecule has 0 aromatic heterocycles. The largest absolute Gasteiger partial charge is 0.493 e. The Morgan fingerprint density at radius 3 is 2.32 bits per heavy atom. The number of rotatable bonds is 10. The lowest BCUT2D eigenvalue weighted by Gasteiger charge is -2.46. The minimum Gasteiger partial charge on any atom is -0.493 e. The number of amides is 1. The number of benzene rings is 3. The summed E-state index contributed by atoms with van der Waals surface area (Å²) in [5.74, 6) is 1.34. The molecule has 0 radical (unpaired) electrons. The molecule has 1 amide bonds. The highest BCUT2D eigenvalue weighted by atomic mass is 35.5. The van der Waals surface area contributed by atoms with Crippen molar-refractivity contribution in [1.82, 2.24) is 4.90 Å². The topological polar surface area (TPSA) is 57.2 Å². The van der Waals surface area contributed by atoms with Crippen LogP contribution < -0.4 is 9.47 Å². The Morgan fingerprint density at radius 1 is 0.921 bits per heavy atom. The molecule has 1 aliphatic rings. The van der Waals surface area contributed by atoms with Gasteiger partial charge in [-0.25, -0.2) is 0 Å². The van der Waals surface area contributed by atoms with Crippen molar-refractivity contribution in [2.45, 2.75) is 38.6 Å². The van der Waals surface area contributed by atoms with Gasteiger partial charge in [-0.05, 0) is 59.0 Å². The first kappa shape index (κ1) is 28.2. The van der Waals surface area contributed by atoms with Crippen molar-refractivity contribution in [3.63, 3.8) is 0 Å². The molecular weight excluding hydrogens is 525 g/mol. The van der Waals surface area contributed by atoms with E-state index in [1.54, 1.807) is 14.2 Å². The standard InChI is InChI=1S/C30H33Cl2NO5/c1-19(2)25(17-37-16-20-8-13-26(35-3)27(14-20)36-4)33-28(34)18-38-30(22-6-5-7-24(32)15-22)29(33)21-9-11-23(31)12-10-21/h5-15,19,25,29-30H,16-18H2,1-4H3/t25-,29?,30-/m1/s1. The fourth-order valence-electron chi connectivity index (χ4n) is 4.84. The maximum atomic E-state index is 13.5. The van der Waals surface area contributed by atoms with Gasteiger partial charge in [-0.15, -0.1) is 0 Å². The molecule has 1 unspecified atom stereocenters. The molecule has 0 N–H and O–H groups in total. The van der Waals surface area contributed by atoms with Crippen molar-refractivity contribution in [1.29, 1.82) is 0 Å². The van der Waals surface area contributed by atoms with E-state index in [2.05, 4.69) is 13.8 Å². The van der Waals surface area contributed by atoms with Crippen LogP contribution in [0.3, 0.4) is 0 Å². The zero-order valence-electron chi connectivity index (χ0n) is 22.0. The van der Waals surface area contributed by atoms with Gasteiger partial charge in [-0.3, -0.25) is 4.79 Å². The second kappa shape index (κ2) is 12.9. The third-order valence-corrected chi connectivity index (χ3v) is 7.27. The summed E-state index contributed by atoms with van der Waals surface area (Å²) in [6.45, 7) is 4.89. The number of hydrogen-bond acceptors (Lipinski definition) is 5. The predicted octanol–water partition coefficient (Wildman–Crippen LogP) is 6.89. The van der Waals surface area contributed by atoms with Crippen LogP contribution in [0.2, 0.25) is 10.0 Å². The highest BCUT2D eigenvalue weighted by Gasteiger charge is 2.43. The van der Waals surface area contributed by atoms with Crippen LogP contribution in [0, 0.1) is 5.92 Å². The lowest BCUT2D eigenvalue weighted by atomic mass is 9.89. The van der Waals surface area contributed by atoms with Crippen LogP contribution in [0.5, 0.6) is 11.5 Å². The highest BCUT2D eigenvalue weighted by molar-refractivity contribution is 6.30. The molecule has 1 heterocycles. The van der Waals surface area contributed by atoms with Crippen molar-refractivity contribution in [2.75, 3.05) is 27.4 Å². The molecule has 202 valence electrons. The zero-order chi connectivity index (χ0) is 27.2. The molecule has 3 atom stereocenters. The van der Waals surface area contributed by atoms with Crippen LogP contribution in [0.15, 0.2) is 66.7 Å². The average Bonchev–Trinajstić information content (AvgIpc) is 2.91. The molecule has 4 rings (SSSR count). The molecule has 38 heavy (non-hydrogen) atoms. The average molecular weight is 559 g/mol. The monoisotopic (exact) mass is 557 g/mol. The van der Waals surface area contributed by atoms with Gasteiger partial charge < -0.3 is 23.8 Å². The zero-order valence-corrected chi connectivity index (χ0v) is 23.5. The van der Waals surface area contributed by atoms with E-state index in [0.717, 1.165) is 16.7 Å². The highest BCUT2D eigenvalue weighted by Crippen LogP contribution is 2.43. The Balaban J connectivity index is 1.63. The number of methoxy groups -OCH3 is 2. The second-order valence-electron chi connectivity index (χ2n) is 9.60.